The quantitative estimate of drug-likeness (QED) is 0.786. The number of nitrogen functional groups attached to an aromatic ring is 1. The van der Waals surface area contributed by atoms with Gasteiger partial charge >= 0.3 is 0 Å². The van der Waals surface area contributed by atoms with Crippen molar-refractivity contribution in [3.8, 4) is 0 Å². The lowest BCUT2D eigenvalue weighted by molar-refractivity contribution is -0.149. The molecule has 2 heterocycles. The van der Waals surface area contributed by atoms with Crippen LogP contribution >= 0.6 is 0 Å². The molecule has 2 saturated heterocycles. The first-order valence-electron chi connectivity index (χ1n) is 6.44. The number of hydrogen-bond acceptors (Lipinski definition) is 4. The number of carbonyl (C=O) groups excluding carboxylic acids is 1. The standard InChI is InChI=1S/C13H17N3O3S/c1-10(17)15-6-13(7-15)8-16(9-13)20(18,19)12-4-2-11(14)3-5-12/h2-5H,6-9,14H2,1H3. The number of benzene rings is 1. The van der Waals surface area contributed by atoms with Crippen LogP contribution in [0.4, 0.5) is 5.69 Å². The van der Waals surface area contributed by atoms with Gasteiger partial charge in [-0.1, -0.05) is 0 Å². The fourth-order valence-electron chi connectivity index (χ4n) is 2.85. The van der Waals surface area contributed by atoms with Crippen LogP contribution in [0.5, 0.6) is 0 Å². The van der Waals surface area contributed by atoms with Crippen LogP contribution in [-0.2, 0) is 14.8 Å². The van der Waals surface area contributed by atoms with Gasteiger partial charge in [0.15, 0.2) is 0 Å². The Bertz CT molecular complexity index is 640. The molecule has 2 fully saturated rings. The Hall–Kier alpha value is -1.60. The number of carbonyl (C=O) groups is 1. The lowest BCUT2D eigenvalue weighted by Crippen LogP contribution is -2.73. The molecular weight excluding hydrogens is 278 g/mol. The predicted molar refractivity (Wildman–Crippen MR) is 74.3 cm³/mol. The third-order valence-electron chi connectivity index (χ3n) is 4.04. The smallest absolute Gasteiger partial charge is 0.243 e. The van der Waals surface area contributed by atoms with E-state index in [1.54, 1.807) is 17.0 Å². The Labute approximate surface area is 118 Å². The highest BCUT2D eigenvalue weighted by atomic mass is 32.2. The molecule has 0 unspecified atom stereocenters. The Balaban J connectivity index is 1.68. The van der Waals surface area contributed by atoms with E-state index >= 15 is 0 Å². The molecule has 2 aliphatic heterocycles. The van der Waals surface area contributed by atoms with Gasteiger partial charge in [-0.3, -0.25) is 4.79 Å². The lowest BCUT2D eigenvalue weighted by Gasteiger charge is -2.59. The van der Waals surface area contributed by atoms with Gasteiger partial charge in [0, 0.05) is 44.2 Å². The molecule has 2 aliphatic rings. The minimum Gasteiger partial charge on any atom is -0.399 e. The summed E-state index contributed by atoms with van der Waals surface area (Å²) < 4.78 is 26.2. The highest BCUT2D eigenvalue weighted by molar-refractivity contribution is 7.89. The summed E-state index contributed by atoms with van der Waals surface area (Å²) in [6, 6.07) is 6.23. The van der Waals surface area contributed by atoms with Crippen LogP contribution in [0.15, 0.2) is 29.2 Å². The summed E-state index contributed by atoms with van der Waals surface area (Å²) in [4.78, 5) is 13.2. The van der Waals surface area contributed by atoms with E-state index in [4.69, 9.17) is 5.73 Å². The average Bonchev–Trinajstić information content (AvgIpc) is 2.24. The summed E-state index contributed by atoms with van der Waals surface area (Å²) in [7, 11) is -3.43. The minimum absolute atomic E-state index is 0.0213. The van der Waals surface area contributed by atoms with Crippen molar-refractivity contribution >= 4 is 21.6 Å². The van der Waals surface area contributed by atoms with Crippen molar-refractivity contribution in [2.45, 2.75) is 11.8 Å². The summed E-state index contributed by atoms with van der Waals surface area (Å²) in [5.41, 5.74) is 6.08. The molecule has 0 atom stereocenters. The topological polar surface area (TPSA) is 83.7 Å². The molecule has 7 heteroatoms. The van der Waals surface area contributed by atoms with E-state index in [1.807, 2.05) is 0 Å². The van der Waals surface area contributed by atoms with Gasteiger partial charge in [0.1, 0.15) is 0 Å². The van der Waals surface area contributed by atoms with Gasteiger partial charge in [0.2, 0.25) is 15.9 Å². The molecule has 0 radical (unpaired) electrons. The van der Waals surface area contributed by atoms with E-state index in [1.165, 1.54) is 23.4 Å². The van der Waals surface area contributed by atoms with Crippen molar-refractivity contribution in [1.29, 1.82) is 0 Å². The number of nitrogens with two attached hydrogens (primary N) is 1. The van der Waals surface area contributed by atoms with Crippen molar-refractivity contribution in [2.24, 2.45) is 5.41 Å². The third-order valence-corrected chi connectivity index (χ3v) is 5.85. The SMILES string of the molecule is CC(=O)N1CC2(C1)CN(S(=O)(=O)c1ccc(N)cc1)C2. The van der Waals surface area contributed by atoms with E-state index in [-0.39, 0.29) is 16.2 Å². The van der Waals surface area contributed by atoms with Crippen molar-refractivity contribution in [1.82, 2.24) is 9.21 Å². The van der Waals surface area contributed by atoms with E-state index in [2.05, 4.69) is 0 Å². The fourth-order valence-corrected chi connectivity index (χ4v) is 4.51. The average molecular weight is 295 g/mol. The Morgan fingerprint density at radius 3 is 2.20 bits per heavy atom. The van der Waals surface area contributed by atoms with Gasteiger partial charge in [0.05, 0.1) is 4.90 Å². The molecule has 3 rings (SSSR count). The number of anilines is 1. The molecule has 0 aliphatic carbocycles. The zero-order valence-corrected chi connectivity index (χ0v) is 12.1. The second kappa shape index (κ2) is 4.20. The van der Waals surface area contributed by atoms with Crippen LogP contribution < -0.4 is 5.73 Å². The van der Waals surface area contributed by atoms with E-state index in [9.17, 15) is 13.2 Å². The molecule has 6 nitrogen and oxygen atoms in total. The van der Waals surface area contributed by atoms with Crippen molar-refractivity contribution in [3.05, 3.63) is 24.3 Å². The Morgan fingerprint density at radius 1 is 1.15 bits per heavy atom. The Morgan fingerprint density at radius 2 is 1.70 bits per heavy atom. The minimum atomic E-state index is -3.43. The number of hydrogen-bond donors (Lipinski definition) is 1. The summed E-state index contributed by atoms with van der Waals surface area (Å²) >= 11 is 0. The first kappa shape index (κ1) is 13.4. The molecule has 0 saturated carbocycles. The van der Waals surface area contributed by atoms with Crippen LogP contribution in [0.25, 0.3) is 0 Å². The van der Waals surface area contributed by atoms with Crippen LogP contribution in [0, 0.1) is 5.41 Å². The molecule has 20 heavy (non-hydrogen) atoms. The van der Waals surface area contributed by atoms with Gasteiger partial charge in [-0.05, 0) is 24.3 Å². The van der Waals surface area contributed by atoms with Gasteiger partial charge in [0.25, 0.3) is 0 Å². The molecule has 1 aromatic carbocycles. The highest BCUT2D eigenvalue weighted by Crippen LogP contribution is 2.42. The van der Waals surface area contributed by atoms with Gasteiger partial charge in [-0.25, -0.2) is 8.42 Å². The van der Waals surface area contributed by atoms with Gasteiger partial charge in [-0.15, -0.1) is 0 Å². The number of amides is 1. The normalized spacial score (nSPS) is 21.4. The largest absolute Gasteiger partial charge is 0.399 e. The predicted octanol–water partition coefficient (Wildman–Crippen LogP) is 0.122. The number of likely N-dealkylation sites (tertiary alicyclic amines) is 1. The van der Waals surface area contributed by atoms with Crippen LogP contribution in [0.3, 0.4) is 0 Å². The maximum absolute atomic E-state index is 12.4. The number of rotatable bonds is 2. The van der Waals surface area contributed by atoms with E-state index in [0.29, 0.717) is 31.9 Å². The van der Waals surface area contributed by atoms with Crippen molar-refractivity contribution < 1.29 is 13.2 Å². The maximum atomic E-state index is 12.4. The van der Waals surface area contributed by atoms with Gasteiger partial charge in [-0.2, -0.15) is 4.31 Å². The highest BCUT2D eigenvalue weighted by Gasteiger charge is 2.55. The molecule has 0 aromatic heterocycles. The second-order valence-corrected chi connectivity index (χ2v) is 7.66. The van der Waals surface area contributed by atoms with Crippen molar-refractivity contribution in [2.75, 3.05) is 31.9 Å². The maximum Gasteiger partial charge on any atom is 0.243 e. The first-order valence-corrected chi connectivity index (χ1v) is 7.88. The zero-order valence-electron chi connectivity index (χ0n) is 11.2. The second-order valence-electron chi connectivity index (χ2n) is 5.72. The summed E-state index contributed by atoms with van der Waals surface area (Å²) in [6.45, 7) is 3.84. The molecule has 1 amide bonds. The zero-order chi connectivity index (χ0) is 14.5. The molecular formula is C13H17N3O3S. The van der Waals surface area contributed by atoms with Crippen LogP contribution in [0.1, 0.15) is 6.92 Å². The summed E-state index contributed by atoms with van der Waals surface area (Å²) in [5, 5.41) is 0. The van der Waals surface area contributed by atoms with E-state index < -0.39 is 10.0 Å². The monoisotopic (exact) mass is 295 g/mol. The Kier molecular flexibility index (Phi) is 2.81. The molecule has 1 aromatic rings. The molecule has 108 valence electrons. The molecule has 2 N–H and O–H groups in total. The van der Waals surface area contributed by atoms with Crippen molar-refractivity contribution in [3.63, 3.8) is 0 Å². The fraction of sp³-hybridized carbons (Fsp3) is 0.462. The molecule has 1 spiro atoms. The van der Waals surface area contributed by atoms with Gasteiger partial charge < -0.3 is 10.6 Å². The summed E-state index contributed by atoms with van der Waals surface area (Å²) in [6.07, 6.45) is 0. The lowest BCUT2D eigenvalue weighted by atomic mass is 9.74. The van der Waals surface area contributed by atoms with E-state index in [0.717, 1.165) is 0 Å². The third kappa shape index (κ3) is 1.97. The number of nitrogens with zero attached hydrogens (tertiary/aromatic N) is 2. The number of sulfonamides is 1. The molecule has 0 bridgehead atoms. The van der Waals surface area contributed by atoms with Crippen LogP contribution in [0.2, 0.25) is 0 Å². The van der Waals surface area contributed by atoms with Crippen LogP contribution in [-0.4, -0.2) is 49.7 Å². The first-order chi connectivity index (χ1) is 9.32. The summed E-state index contributed by atoms with van der Waals surface area (Å²) in [5.74, 6) is 0.0514.